The fourth-order valence-electron chi connectivity index (χ4n) is 1.55. The van der Waals surface area contributed by atoms with Crippen LogP contribution in [0.1, 0.15) is 10.4 Å². The summed E-state index contributed by atoms with van der Waals surface area (Å²) in [4.78, 5) is 13.6. The second-order valence-electron chi connectivity index (χ2n) is 4.39. The number of hydrogen-bond donors (Lipinski definition) is 2. The Kier molecular flexibility index (Phi) is 4.54. The molecule has 0 aliphatic rings. The van der Waals surface area contributed by atoms with E-state index in [2.05, 4.69) is 20.8 Å². The number of nitrogens with one attached hydrogen (secondary N) is 2. The molecule has 0 aliphatic heterocycles. The summed E-state index contributed by atoms with van der Waals surface area (Å²) in [6.07, 6.45) is 4.57. The van der Waals surface area contributed by atoms with Crippen LogP contribution in [-0.2, 0) is 0 Å². The lowest BCUT2D eigenvalue weighted by molar-refractivity contribution is 0.0954. The molecule has 7 heteroatoms. The number of carbonyl (C=O) groups excluding carboxylic acids is 1. The molecule has 0 aliphatic carbocycles. The molecular formula is C13H17N5O2. The van der Waals surface area contributed by atoms with E-state index in [9.17, 15) is 4.79 Å². The van der Waals surface area contributed by atoms with Crippen LogP contribution in [0.5, 0.6) is 0 Å². The number of nitrogens with zero attached hydrogens (tertiary/aromatic N) is 3. The number of aromatic nitrogens is 2. The van der Waals surface area contributed by atoms with E-state index in [1.165, 1.54) is 12.5 Å². The van der Waals surface area contributed by atoms with Gasteiger partial charge in [-0.15, -0.1) is 5.10 Å². The summed E-state index contributed by atoms with van der Waals surface area (Å²) in [5.74, 6) is 0.516. The number of hydrogen-bond acceptors (Lipinski definition) is 6. The normalized spacial score (nSPS) is 10.1. The van der Waals surface area contributed by atoms with Crippen LogP contribution in [-0.4, -0.2) is 43.3 Å². The van der Waals surface area contributed by atoms with Crippen LogP contribution < -0.4 is 15.5 Å². The predicted octanol–water partition coefficient (Wildman–Crippen LogP) is 0.977. The van der Waals surface area contributed by atoms with Crippen molar-refractivity contribution in [2.24, 2.45) is 0 Å². The number of anilines is 2. The van der Waals surface area contributed by atoms with Crippen molar-refractivity contribution < 1.29 is 9.21 Å². The Bertz CT molecular complexity index is 554. The molecule has 0 saturated carbocycles. The first-order valence-corrected chi connectivity index (χ1v) is 6.21. The van der Waals surface area contributed by atoms with Crippen molar-refractivity contribution in [3.8, 4) is 0 Å². The highest BCUT2D eigenvalue weighted by Crippen LogP contribution is 2.12. The van der Waals surface area contributed by atoms with Gasteiger partial charge in [-0.05, 0) is 6.07 Å². The van der Waals surface area contributed by atoms with Crippen LogP contribution >= 0.6 is 0 Å². The Morgan fingerprint density at radius 3 is 2.95 bits per heavy atom. The molecule has 0 atom stereocenters. The molecule has 2 aromatic heterocycles. The molecule has 0 saturated heterocycles. The molecule has 0 spiro atoms. The van der Waals surface area contributed by atoms with E-state index in [1.54, 1.807) is 12.3 Å². The largest absolute Gasteiger partial charge is 0.472 e. The first kappa shape index (κ1) is 13.9. The van der Waals surface area contributed by atoms with Gasteiger partial charge in [-0.25, -0.2) is 0 Å². The Balaban J connectivity index is 1.76. The summed E-state index contributed by atoms with van der Waals surface area (Å²) in [7, 11) is 3.87. The smallest absolute Gasteiger partial charge is 0.254 e. The number of furan rings is 1. The average molecular weight is 275 g/mol. The molecule has 1 amide bonds. The molecule has 7 nitrogen and oxygen atoms in total. The van der Waals surface area contributed by atoms with Crippen molar-refractivity contribution in [1.82, 2.24) is 15.5 Å². The zero-order chi connectivity index (χ0) is 14.4. The fraction of sp³-hybridized carbons (Fsp3) is 0.308. The maximum atomic E-state index is 11.6. The predicted molar refractivity (Wildman–Crippen MR) is 75.9 cm³/mol. The molecule has 20 heavy (non-hydrogen) atoms. The fourth-order valence-corrected chi connectivity index (χ4v) is 1.55. The maximum Gasteiger partial charge on any atom is 0.254 e. The standard InChI is InChI=1S/C13H17N5O2/c1-18(2)11-7-12(17-16-8-11)14-4-5-15-13(19)10-3-6-20-9-10/h3,6-9H,4-5H2,1-2H3,(H,14,17)(H,15,19). The van der Waals surface area contributed by atoms with Gasteiger partial charge in [0, 0.05) is 33.3 Å². The summed E-state index contributed by atoms with van der Waals surface area (Å²) >= 11 is 0. The van der Waals surface area contributed by atoms with Crippen LogP contribution in [0.25, 0.3) is 0 Å². The van der Waals surface area contributed by atoms with Gasteiger partial charge < -0.3 is 20.0 Å². The molecule has 2 heterocycles. The highest BCUT2D eigenvalue weighted by molar-refractivity contribution is 5.93. The van der Waals surface area contributed by atoms with Crippen LogP contribution in [0.2, 0.25) is 0 Å². The van der Waals surface area contributed by atoms with E-state index in [-0.39, 0.29) is 5.91 Å². The molecule has 2 aromatic rings. The Morgan fingerprint density at radius 1 is 1.40 bits per heavy atom. The minimum Gasteiger partial charge on any atom is -0.472 e. The zero-order valence-corrected chi connectivity index (χ0v) is 11.5. The van der Waals surface area contributed by atoms with Gasteiger partial charge in [0.25, 0.3) is 5.91 Å². The van der Waals surface area contributed by atoms with Crippen LogP contribution in [0, 0.1) is 0 Å². The molecule has 0 fully saturated rings. The topological polar surface area (TPSA) is 83.3 Å². The summed E-state index contributed by atoms with van der Waals surface area (Å²) < 4.78 is 4.85. The Hall–Kier alpha value is -2.57. The molecule has 0 radical (unpaired) electrons. The number of rotatable bonds is 6. The molecule has 106 valence electrons. The van der Waals surface area contributed by atoms with Crippen LogP contribution in [0.3, 0.4) is 0 Å². The summed E-state index contributed by atoms with van der Waals surface area (Å²) in [6, 6.07) is 3.51. The molecule has 0 aromatic carbocycles. The van der Waals surface area contributed by atoms with E-state index in [4.69, 9.17) is 4.42 Å². The second kappa shape index (κ2) is 6.55. The van der Waals surface area contributed by atoms with E-state index in [0.717, 1.165) is 5.69 Å². The van der Waals surface area contributed by atoms with Crippen molar-refractivity contribution >= 4 is 17.4 Å². The van der Waals surface area contributed by atoms with Gasteiger partial charge in [0.05, 0.1) is 23.7 Å². The Morgan fingerprint density at radius 2 is 2.25 bits per heavy atom. The third-order valence-electron chi connectivity index (χ3n) is 2.66. The molecule has 2 N–H and O–H groups in total. The van der Waals surface area contributed by atoms with E-state index in [1.807, 2.05) is 25.1 Å². The van der Waals surface area contributed by atoms with E-state index in [0.29, 0.717) is 24.5 Å². The van der Waals surface area contributed by atoms with Crippen molar-refractivity contribution in [1.29, 1.82) is 0 Å². The van der Waals surface area contributed by atoms with Crippen molar-refractivity contribution in [2.45, 2.75) is 0 Å². The highest BCUT2D eigenvalue weighted by Gasteiger charge is 2.05. The van der Waals surface area contributed by atoms with Gasteiger partial charge in [0.2, 0.25) is 0 Å². The first-order valence-electron chi connectivity index (χ1n) is 6.21. The van der Waals surface area contributed by atoms with Crippen molar-refractivity contribution in [2.75, 3.05) is 37.4 Å². The monoisotopic (exact) mass is 275 g/mol. The van der Waals surface area contributed by atoms with Gasteiger partial charge in [-0.1, -0.05) is 0 Å². The van der Waals surface area contributed by atoms with Gasteiger partial charge in [0.15, 0.2) is 5.82 Å². The first-order chi connectivity index (χ1) is 9.66. The lowest BCUT2D eigenvalue weighted by Crippen LogP contribution is -2.28. The second-order valence-corrected chi connectivity index (χ2v) is 4.39. The third kappa shape index (κ3) is 3.71. The summed E-state index contributed by atoms with van der Waals surface area (Å²) in [6.45, 7) is 1.05. The van der Waals surface area contributed by atoms with Crippen LogP contribution in [0.15, 0.2) is 35.3 Å². The third-order valence-corrected chi connectivity index (χ3v) is 2.66. The minimum atomic E-state index is -0.159. The summed E-state index contributed by atoms with van der Waals surface area (Å²) in [5, 5.41) is 13.8. The van der Waals surface area contributed by atoms with E-state index >= 15 is 0 Å². The maximum absolute atomic E-state index is 11.6. The molecular weight excluding hydrogens is 258 g/mol. The van der Waals surface area contributed by atoms with Gasteiger partial charge in [0.1, 0.15) is 6.26 Å². The average Bonchev–Trinajstić information content (AvgIpc) is 2.98. The quantitative estimate of drug-likeness (QED) is 0.765. The molecule has 2 rings (SSSR count). The van der Waals surface area contributed by atoms with Gasteiger partial charge in [-0.3, -0.25) is 4.79 Å². The molecule has 0 bridgehead atoms. The highest BCUT2D eigenvalue weighted by atomic mass is 16.3. The van der Waals surface area contributed by atoms with Gasteiger partial charge in [-0.2, -0.15) is 5.10 Å². The minimum absolute atomic E-state index is 0.159. The van der Waals surface area contributed by atoms with Crippen molar-refractivity contribution in [3.05, 3.63) is 36.4 Å². The number of carbonyl (C=O) groups is 1. The lowest BCUT2D eigenvalue weighted by Gasteiger charge is -2.12. The van der Waals surface area contributed by atoms with Crippen molar-refractivity contribution in [3.63, 3.8) is 0 Å². The van der Waals surface area contributed by atoms with Crippen LogP contribution in [0.4, 0.5) is 11.5 Å². The number of amides is 1. The van der Waals surface area contributed by atoms with Gasteiger partial charge >= 0.3 is 0 Å². The molecule has 0 unspecified atom stereocenters. The Labute approximate surface area is 117 Å². The summed E-state index contributed by atoms with van der Waals surface area (Å²) in [5.41, 5.74) is 1.48. The lowest BCUT2D eigenvalue weighted by atomic mass is 10.3. The SMILES string of the molecule is CN(C)c1cnnc(NCCNC(=O)c2ccoc2)c1. The zero-order valence-electron chi connectivity index (χ0n) is 11.5. The van der Waals surface area contributed by atoms with E-state index < -0.39 is 0 Å².